The third-order valence-corrected chi connectivity index (χ3v) is 3.55. The Labute approximate surface area is 101 Å². The smallest absolute Gasteiger partial charge is 0.0935 e. The summed E-state index contributed by atoms with van der Waals surface area (Å²) in [5.41, 5.74) is 1.31. The molecule has 2 rings (SSSR count). The molecule has 1 N–H and O–H groups in total. The summed E-state index contributed by atoms with van der Waals surface area (Å²) < 4.78 is 0. The van der Waals surface area contributed by atoms with Gasteiger partial charge in [0.25, 0.3) is 0 Å². The molecule has 1 aliphatic rings. The highest BCUT2D eigenvalue weighted by Gasteiger charge is 2.19. The van der Waals surface area contributed by atoms with Crippen LogP contribution in [-0.2, 0) is 6.54 Å². The summed E-state index contributed by atoms with van der Waals surface area (Å²) in [5, 5.41) is 12.3. The maximum atomic E-state index is 8.77. The van der Waals surface area contributed by atoms with Crippen molar-refractivity contribution >= 4 is 11.8 Å². The summed E-state index contributed by atoms with van der Waals surface area (Å²) in [6.07, 6.45) is 2.64. The van der Waals surface area contributed by atoms with Crippen molar-refractivity contribution in [2.24, 2.45) is 0 Å². The molecule has 1 unspecified atom stereocenters. The lowest BCUT2D eigenvalue weighted by Crippen LogP contribution is -2.15. The SMILES string of the molecule is CC(C#N)Sc1cccc(CNC2CC2)c1. The molecule has 1 saturated carbocycles. The van der Waals surface area contributed by atoms with Crippen molar-refractivity contribution in [2.45, 2.75) is 42.5 Å². The molecule has 2 nitrogen and oxygen atoms in total. The first-order valence-electron chi connectivity index (χ1n) is 5.66. The predicted octanol–water partition coefficient (Wildman–Crippen LogP) is 2.94. The van der Waals surface area contributed by atoms with Gasteiger partial charge in [-0.3, -0.25) is 0 Å². The lowest BCUT2D eigenvalue weighted by molar-refractivity contribution is 0.687. The average molecular weight is 232 g/mol. The van der Waals surface area contributed by atoms with E-state index >= 15 is 0 Å². The van der Waals surface area contributed by atoms with Crippen molar-refractivity contribution in [3.8, 4) is 6.07 Å². The van der Waals surface area contributed by atoms with Gasteiger partial charge in [-0.05, 0) is 37.5 Å². The normalized spacial score (nSPS) is 16.8. The van der Waals surface area contributed by atoms with Crippen molar-refractivity contribution in [2.75, 3.05) is 0 Å². The van der Waals surface area contributed by atoms with E-state index in [9.17, 15) is 0 Å². The fourth-order valence-corrected chi connectivity index (χ4v) is 2.35. The van der Waals surface area contributed by atoms with E-state index in [1.165, 1.54) is 23.3 Å². The van der Waals surface area contributed by atoms with Crippen LogP contribution in [0.25, 0.3) is 0 Å². The number of benzene rings is 1. The average Bonchev–Trinajstić information content (AvgIpc) is 3.10. The Hall–Kier alpha value is -0.980. The highest BCUT2D eigenvalue weighted by atomic mass is 32.2. The summed E-state index contributed by atoms with van der Waals surface area (Å²) in [7, 11) is 0. The monoisotopic (exact) mass is 232 g/mol. The minimum absolute atomic E-state index is 0.0200. The van der Waals surface area contributed by atoms with Crippen LogP contribution in [0.5, 0.6) is 0 Å². The molecule has 1 aliphatic carbocycles. The number of hydrogen-bond acceptors (Lipinski definition) is 3. The zero-order valence-electron chi connectivity index (χ0n) is 9.44. The van der Waals surface area contributed by atoms with E-state index in [1.807, 2.05) is 6.92 Å². The van der Waals surface area contributed by atoms with Crippen LogP contribution in [0.4, 0.5) is 0 Å². The molecule has 1 atom stereocenters. The van der Waals surface area contributed by atoms with Crippen LogP contribution in [0.3, 0.4) is 0 Å². The maximum Gasteiger partial charge on any atom is 0.0935 e. The number of nitriles is 1. The molecule has 0 aromatic heterocycles. The third kappa shape index (κ3) is 3.55. The topological polar surface area (TPSA) is 35.8 Å². The van der Waals surface area contributed by atoms with Crippen molar-refractivity contribution in [3.63, 3.8) is 0 Å². The quantitative estimate of drug-likeness (QED) is 0.793. The Balaban J connectivity index is 1.92. The van der Waals surface area contributed by atoms with Gasteiger partial charge in [0.1, 0.15) is 0 Å². The van der Waals surface area contributed by atoms with Crippen LogP contribution in [0.2, 0.25) is 0 Å². The molecule has 0 saturated heterocycles. The molecule has 1 fully saturated rings. The van der Waals surface area contributed by atoms with Crippen LogP contribution in [0.1, 0.15) is 25.3 Å². The maximum absolute atomic E-state index is 8.77. The number of nitrogens with zero attached hydrogens (tertiary/aromatic N) is 1. The van der Waals surface area contributed by atoms with E-state index in [2.05, 4.69) is 35.7 Å². The molecule has 0 spiro atoms. The van der Waals surface area contributed by atoms with Crippen molar-refractivity contribution < 1.29 is 0 Å². The molecule has 16 heavy (non-hydrogen) atoms. The van der Waals surface area contributed by atoms with Crippen LogP contribution in [-0.4, -0.2) is 11.3 Å². The molecule has 84 valence electrons. The number of thioether (sulfide) groups is 1. The minimum atomic E-state index is 0.0200. The molecule has 0 amide bonds. The molecule has 0 radical (unpaired) electrons. The standard InChI is InChI=1S/C13H16N2S/c1-10(8-14)16-13-4-2-3-11(7-13)9-15-12-5-6-12/h2-4,7,10,12,15H,5-6,9H2,1H3. The Morgan fingerprint density at radius 2 is 2.38 bits per heavy atom. The lowest BCUT2D eigenvalue weighted by Gasteiger charge is -2.06. The van der Waals surface area contributed by atoms with Gasteiger partial charge in [-0.1, -0.05) is 12.1 Å². The molecular weight excluding hydrogens is 216 g/mol. The summed E-state index contributed by atoms with van der Waals surface area (Å²) in [5.74, 6) is 0. The molecule has 1 aromatic carbocycles. The Bertz CT molecular complexity index is 393. The molecular formula is C13H16N2S. The first-order chi connectivity index (χ1) is 7.78. The van der Waals surface area contributed by atoms with Crippen molar-refractivity contribution in [3.05, 3.63) is 29.8 Å². The van der Waals surface area contributed by atoms with Gasteiger partial charge in [0, 0.05) is 17.5 Å². The summed E-state index contributed by atoms with van der Waals surface area (Å²) >= 11 is 1.62. The fraction of sp³-hybridized carbons (Fsp3) is 0.462. The number of nitrogens with one attached hydrogen (secondary N) is 1. The largest absolute Gasteiger partial charge is 0.310 e. The van der Waals surface area contributed by atoms with Crippen molar-refractivity contribution in [1.29, 1.82) is 5.26 Å². The van der Waals surface area contributed by atoms with E-state index in [4.69, 9.17) is 5.26 Å². The summed E-state index contributed by atoms with van der Waals surface area (Å²) in [6.45, 7) is 2.87. The zero-order chi connectivity index (χ0) is 11.4. The number of hydrogen-bond donors (Lipinski definition) is 1. The van der Waals surface area contributed by atoms with Crippen LogP contribution in [0, 0.1) is 11.3 Å². The van der Waals surface area contributed by atoms with Gasteiger partial charge in [0.15, 0.2) is 0 Å². The Kier molecular flexibility index (Phi) is 3.87. The van der Waals surface area contributed by atoms with Crippen LogP contribution >= 0.6 is 11.8 Å². The molecule has 0 bridgehead atoms. The van der Waals surface area contributed by atoms with Gasteiger partial charge in [-0.25, -0.2) is 0 Å². The summed E-state index contributed by atoms with van der Waals surface area (Å²) in [4.78, 5) is 1.18. The van der Waals surface area contributed by atoms with Gasteiger partial charge in [0.2, 0.25) is 0 Å². The predicted molar refractivity (Wildman–Crippen MR) is 67.2 cm³/mol. The first-order valence-corrected chi connectivity index (χ1v) is 6.54. The molecule has 1 aromatic rings. The zero-order valence-corrected chi connectivity index (χ0v) is 10.3. The van der Waals surface area contributed by atoms with Crippen LogP contribution < -0.4 is 5.32 Å². The second-order valence-electron chi connectivity index (χ2n) is 4.19. The van der Waals surface area contributed by atoms with Gasteiger partial charge in [-0.15, -0.1) is 11.8 Å². The first kappa shape index (κ1) is 11.5. The minimum Gasteiger partial charge on any atom is -0.310 e. The third-order valence-electron chi connectivity index (χ3n) is 2.57. The van der Waals surface area contributed by atoms with E-state index in [0.29, 0.717) is 0 Å². The van der Waals surface area contributed by atoms with Crippen molar-refractivity contribution in [1.82, 2.24) is 5.32 Å². The van der Waals surface area contributed by atoms with E-state index < -0.39 is 0 Å². The van der Waals surface area contributed by atoms with E-state index in [-0.39, 0.29) is 5.25 Å². The van der Waals surface area contributed by atoms with Gasteiger partial charge in [0.05, 0.1) is 11.3 Å². The lowest BCUT2D eigenvalue weighted by atomic mass is 10.2. The van der Waals surface area contributed by atoms with E-state index in [0.717, 1.165) is 12.6 Å². The molecule has 0 aliphatic heterocycles. The fourth-order valence-electron chi connectivity index (χ4n) is 1.51. The van der Waals surface area contributed by atoms with Gasteiger partial charge in [-0.2, -0.15) is 5.26 Å². The second kappa shape index (κ2) is 5.38. The van der Waals surface area contributed by atoms with Gasteiger partial charge < -0.3 is 5.32 Å². The molecule has 3 heteroatoms. The highest BCUT2D eigenvalue weighted by molar-refractivity contribution is 8.00. The van der Waals surface area contributed by atoms with Gasteiger partial charge >= 0.3 is 0 Å². The Morgan fingerprint density at radius 1 is 1.56 bits per heavy atom. The molecule has 0 heterocycles. The van der Waals surface area contributed by atoms with E-state index in [1.54, 1.807) is 11.8 Å². The summed E-state index contributed by atoms with van der Waals surface area (Å²) in [6, 6.07) is 11.4. The van der Waals surface area contributed by atoms with Crippen LogP contribution in [0.15, 0.2) is 29.2 Å². The number of rotatable bonds is 5. The second-order valence-corrected chi connectivity index (χ2v) is 5.61. The highest BCUT2D eigenvalue weighted by Crippen LogP contribution is 2.24. The Morgan fingerprint density at radius 3 is 3.06 bits per heavy atom.